The van der Waals surface area contributed by atoms with Crippen molar-refractivity contribution in [1.29, 1.82) is 5.26 Å². The summed E-state index contributed by atoms with van der Waals surface area (Å²) in [5.74, 6) is 1.40. The molecular formula is C35H35ClN4O7S. The van der Waals surface area contributed by atoms with E-state index in [9.17, 15) is 18.5 Å². The number of ether oxygens (including phenoxy) is 4. The van der Waals surface area contributed by atoms with Crippen molar-refractivity contribution < 1.29 is 32.2 Å². The van der Waals surface area contributed by atoms with Crippen LogP contribution in [0.25, 0.3) is 11.1 Å². The van der Waals surface area contributed by atoms with Crippen molar-refractivity contribution in [3.8, 4) is 40.2 Å². The van der Waals surface area contributed by atoms with Gasteiger partial charge in [-0.3, -0.25) is 14.5 Å². The van der Waals surface area contributed by atoms with Crippen molar-refractivity contribution in [2.75, 3.05) is 32.6 Å². The molecule has 1 aliphatic heterocycles. The van der Waals surface area contributed by atoms with Gasteiger partial charge in [-0.05, 0) is 60.5 Å². The van der Waals surface area contributed by atoms with E-state index in [0.717, 1.165) is 34.9 Å². The molecule has 0 saturated heterocycles. The summed E-state index contributed by atoms with van der Waals surface area (Å²) in [5.41, 5.74) is 5.83. The van der Waals surface area contributed by atoms with Gasteiger partial charge in [-0.2, -0.15) is 5.26 Å². The number of carbonyl (C=O) groups is 1. The third-order valence-electron chi connectivity index (χ3n) is 7.60. The summed E-state index contributed by atoms with van der Waals surface area (Å²) in [5, 5.41) is 9.62. The van der Waals surface area contributed by atoms with Gasteiger partial charge in [0, 0.05) is 49.6 Å². The molecule has 0 radical (unpaired) electrons. The first-order valence-corrected chi connectivity index (χ1v) is 17.1. The lowest BCUT2D eigenvalue weighted by molar-refractivity contribution is -0.117. The van der Waals surface area contributed by atoms with Gasteiger partial charge in [0.05, 0.1) is 16.3 Å². The number of aromatic nitrogens is 1. The standard InChI is InChI=1S/C35H35ClN4O7S/c1-23-28(5-4-6-30(23)27-7-8-32-35(15-27)45-11-10-44-32)22-47-34-16-33(46-21-26-13-25(17-37)18-38-19-26)29(14-31(34)36)20-40(3)9-12-48(42,43)39-24(2)41/h4-8,13-16,18-19H,9-12,20-22H2,1-3H3,(H,39,41). The van der Waals surface area contributed by atoms with Crippen molar-refractivity contribution in [2.24, 2.45) is 0 Å². The highest BCUT2D eigenvalue weighted by molar-refractivity contribution is 7.90. The minimum absolute atomic E-state index is 0.119. The third kappa shape index (κ3) is 8.95. The molecule has 0 aliphatic carbocycles. The van der Waals surface area contributed by atoms with E-state index in [0.29, 0.717) is 52.2 Å². The SMILES string of the molecule is CC(=O)NS(=O)(=O)CCN(C)Cc1cc(Cl)c(OCc2cccc(-c3ccc4c(c3)OCCO4)c2C)cc1OCc1cncc(C#N)c1. The average Bonchev–Trinajstić information content (AvgIpc) is 3.06. The van der Waals surface area contributed by atoms with Gasteiger partial charge in [0.1, 0.15) is 44.0 Å². The van der Waals surface area contributed by atoms with Crippen LogP contribution in [-0.2, 0) is 34.6 Å². The van der Waals surface area contributed by atoms with Gasteiger partial charge >= 0.3 is 0 Å². The molecule has 3 aromatic carbocycles. The molecule has 4 aromatic rings. The second kappa shape index (κ2) is 15.4. The van der Waals surface area contributed by atoms with Gasteiger partial charge in [0.15, 0.2) is 11.5 Å². The Bertz CT molecular complexity index is 1960. The molecule has 0 spiro atoms. The van der Waals surface area contributed by atoms with E-state index in [1.807, 2.05) is 48.0 Å². The Hall–Kier alpha value is -4.83. The molecule has 5 rings (SSSR count). The molecule has 0 bridgehead atoms. The summed E-state index contributed by atoms with van der Waals surface area (Å²) in [6.45, 7) is 5.01. The summed E-state index contributed by atoms with van der Waals surface area (Å²) >= 11 is 6.73. The Balaban J connectivity index is 1.36. The predicted molar refractivity (Wildman–Crippen MR) is 181 cm³/mol. The summed E-state index contributed by atoms with van der Waals surface area (Å²) in [6, 6.07) is 19.1. The number of nitriles is 1. The van der Waals surface area contributed by atoms with E-state index >= 15 is 0 Å². The van der Waals surface area contributed by atoms with Crippen LogP contribution >= 0.6 is 11.6 Å². The normalized spacial score (nSPS) is 12.3. The van der Waals surface area contributed by atoms with Crippen molar-refractivity contribution in [1.82, 2.24) is 14.6 Å². The number of benzene rings is 3. The van der Waals surface area contributed by atoms with Crippen LogP contribution in [0.15, 0.2) is 67.0 Å². The first-order chi connectivity index (χ1) is 23.0. The average molecular weight is 691 g/mol. The fourth-order valence-corrected chi connectivity index (χ4v) is 6.50. The summed E-state index contributed by atoms with van der Waals surface area (Å²) in [4.78, 5) is 17.1. The maximum absolute atomic E-state index is 12.2. The zero-order chi connectivity index (χ0) is 34.3. The number of halogens is 1. The topological polar surface area (TPSA) is 140 Å². The second-order valence-corrected chi connectivity index (χ2v) is 13.6. The zero-order valence-electron chi connectivity index (χ0n) is 26.8. The van der Waals surface area contributed by atoms with Gasteiger partial charge in [0.25, 0.3) is 0 Å². The monoisotopic (exact) mass is 690 g/mol. The van der Waals surface area contributed by atoms with Gasteiger partial charge < -0.3 is 23.8 Å². The van der Waals surface area contributed by atoms with Crippen LogP contribution in [0, 0.1) is 18.3 Å². The van der Waals surface area contributed by atoms with E-state index in [1.165, 1.54) is 6.20 Å². The van der Waals surface area contributed by atoms with Gasteiger partial charge in [-0.25, -0.2) is 8.42 Å². The van der Waals surface area contributed by atoms with E-state index in [4.69, 9.17) is 30.5 Å². The van der Waals surface area contributed by atoms with E-state index in [2.05, 4.69) is 11.1 Å². The first kappa shape index (κ1) is 34.5. The molecule has 2 heterocycles. The number of sulfonamides is 1. The van der Waals surface area contributed by atoms with E-state index in [1.54, 1.807) is 36.3 Å². The lowest BCUT2D eigenvalue weighted by Crippen LogP contribution is -2.35. The number of nitrogens with one attached hydrogen (secondary N) is 1. The van der Waals surface area contributed by atoms with Crippen molar-refractivity contribution in [2.45, 2.75) is 33.6 Å². The molecule has 48 heavy (non-hydrogen) atoms. The Morgan fingerprint density at radius 1 is 1.02 bits per heavy atom. The van der Waals surface area contributed by atoms with Crippen molar-refractivity contribution >= 4 is 27.5 Å². The maximum Gasteiger partial charge on any atom is 0.236 e. The fraction of sp³-hybridized carbons (Fsp3) is 0.286. The largest absolute Gasteiger partial charge is 0.488 e. The Morgan fingerprint density at radius 3 is 2.56 bits per heavy atom. The number of hydrogen-bond donors (Lipinski definition) is 1. The Kier molecular flexibility index (Phi) is 11.1. The molecule has 250 valence electrons. The highest BCUT2D eigenvalue weighted by Gasteiger charge is 2.18. The molecular weight excluding hydrogens is 656 g/mol. The molecule has 0 fully saturated rings. The molecule has 13 heteroatoms. The number of fused-ring (bicyclic) bond motifs is 1. The summed E-state index contributed by atoms with van der Waals surface area (Å²) < 4.78 is 50.3. The van der Waals surface area contributed by atoms with Crippen LogP contribution in [-0.4, -0.2) is 56.8 Å². The lowest BCUT2D eigenvalue weighted by atomic mass is 9.96. The zero-order valence-corrected chi connectivity index (χ0v) is 28.4. The molecule has 0 saturated carbocycles. The number of pyridine rings is 1. The fourth-order valence-electron chi connectivity index (χ4n) is 5.17. The van der Waals surface area contributed by atoms with Crippen molar-refractivity contribution in [3.63, 3.8) is 0 Å². The third-order valence-corrected chi connectivity index (χ3v) is 9.21. The van der Waals surface area contributed by atoms with Gasteiger partial charge in [-0.15, -0.1) is 0 Å². The first-order valence-electron chi connectivity index (χ1n) is 15.1. The van der Waals surface area contributed by atoms with Crippen LogP contribution in [0.4, 0.5) is 0 Å². The van der Waals surface area contributed by atoms with Crippen LogP contribution in [0.3, 0.4) is 0 Å². The van der Waals surface area contributed by atoms with Crippen LogP contribution in [0.1, 0.15) is 34.7 Å². The highest BCUT2D eigenvalue weighted by atomic mass is 35.5. The molecule has 0 atom stereocenters. The van der Waals surface area contributed by atoms with E-state index in [-0.39, 0.29) is 32.1 Å². The number of amides is 1. The quantitative estimate of drug-likeness (QED) is 0.194. The maximum atomic E-state index is 12.2. The summed E-state index contributed by atoms with van der Waals surface area (Å²) in [7, 11) is -2.02. The highest BCUT2D eigenvalue weighted by Crippen LogP contribution is 2.37. The van der Waals surface area contributed by atoms with Crippen molar-refractivity contribution in [3.05, 3.63) is 99.8 Å². The number of hydrogen-bond acceptors (Lipinski definition) is 10. The van der Waals surface area contributed by atoms with E-state index < -0.39 is 15.9 Å². The minimum atomic E-state index is -3.77. The minimum Gasteiger partial charge on any atom is -0.488 e. The number of nitrogens with zero attached hydrogens (tertiary/aromatic N) is 3. The number of rotatable bonds is 13. The van der Waals surface area contributed by atoms with Crippen LogP contribution in [0.2, 0.25) is 5.02 Å². The lowest BCUT2D eigenvalue weighted by Gasteiger charge is -2.21. The molecule has 1 aliphatic rings. The smallest absolute Gasteiger partial charge is 0.236 e. The predicted octanol–water partition coefficient (Wildman–Crippen LogP) is 5.41. The van der Waals surface area contributed by atoms with Gasteiger partial charge in [0.2, 0.25) is 15.9 Å². The van der Waals surface area contributed by atoms with Crippen LogP contribution in [0.5, 0.6) is 23.0 Å². The molecule has 0 unspecified atom stereocenters. The molecule has 1 N–H and O–H groups in total. The second-order valence-electron chi connectivity index (χ2n) is 11.3. The molecule has 11 nitrogen and oxygen atoms in total. The Labute approximate surface area is 285 Å². The van der Waals surface area contributed by atoms with Gasteiger partial charge in [-0.1, -0.05) is 35.9 Å². The molecule has 1 amide bonds. The van der Waals surface area contributed by atoms with Crippen LogP contribution < -0.4 is 23.7 Å². The Morgan fingerprint density at radius 2 is 1.79 bits per heavy atom. The summed E-state index contributed by atoms with van der Waals surface area (Å²) in [6.07, 6.45) is 3.09. The molecule has 1 aromatic heterocycles. The number of carbonyl (C=O) groups excluding carboxylic acids is 1.